The standard InChI is InChI=1S/C28H28FN5O6/c1-15(35)30-11-20-13-34(28(39)40-20)19-5-4-17-12-32(8-2-3-16(17)9-19)26-23(29)10-21-24(36)22(27(37)38)14-33(18-6-7-18)25(21)31-26/h4-5,9-10,14,18,20H,2-3,6-8,11-13H2,1H3,(H,30,35)(H,37,38). The molecule has 3 aromatic rings. The maximum Gasteiger partial charge on any atom is 0.414 e. The van der Waals surface area contributed by atoms with Crippen LogP contribution in [0.1, 0.15) is 53.7 Å². The zero-order chi connectivity index (χ0) is 28.1. The van der Waals surface area contributed by atoms with Gasteiger partial charge in [0.25, 0.3) is 0 Å². The Balaban J connectivity index is 1.29. The molecule has 0 radical (unpaired) electrons. The molecule has 0 bridgehead atoms. The van der Waals surface area contributed by atoms with E-state index in [1.165, 1.54) is 13.1 Å². The highest BCUT2D eigenvalue weighted by atomic mass is 19.1. The summed E-state index contributed by atoms with van der Waals surface area (Å²) in [5.74, 6) is -2.10. The predicted molar refractivity (Wildman–Crippen MR) is 143 cm³/mol. The number of nitrogens with one attached hydrogen (secondary N) is 1. The third-order valence-corrected chi connectivity index (χ3v) is 7.60. The highest BCUT2D eigenvalue weighted by Gasteiger charge is 2.33. The third-order valence-electron chi connectivity index (χ3n) is 7.60. The first-order valence-electron chi connectivity index (χ1n) is 13.3. The monoisotopic (exact) mass is 549 g/mol. The number of hydrogen-bond donors (Lipinski definition) is 2. The van der Waals surface area contributed by atoms with Crippen LogP contribution in [0.4, 0.5) is 20.7 Å². The number of aromatic carboxylic acids is 1. The number of aryl methyl sites for hydroxylation is 1. The number of carboxylic acids is 1. The summed E-state index contributed by atoms with van der Waals surface area (Å²) in [6, 6.07) is 6.83. The van der Waals surface area contributed by atoms with Gasteiger partial charge in [0.2, 0.25) is 11.3 Å². The molecule has 4 heterocycles. The lowest BCUT2D eigenvalue weighted by molar-refractivity contribution is -0.119. The molecule has 2 N–H and O–H groups in total. The fourth-order valence-electron chi connectivity index (χ4n) is 5.43. The molecule has 2 aromatic heterocycles. The van der Waals surface area contributed by atoms with Crippen LogP contribution in [0, 0.1) is 5.82 Å². The largest absolute Gasteiger partial charge is 0.477 e. The van der Waals surface area contributed by atoms with E-state index < -0.39 is 35.0 Å². The van der Waals surface area contributed by atoms with Crippen molar-refractivity contribution in [2.45, 2.75) is 51.3 Å². The van der Waals surface area contributed by atoms with Gasteiger partial charge in [-0.05, 0) is 55.0 Å². The van der Waals surface area contributed by atoms with Crippen LogP contribution < -0.4 is 20.5 Å². The van der Waals surface area contributed by atoms with Crippen molar-refractivity contribution < 1.29 is 28.6 Å². The number of rotatable bonds is 6. The van der Waals surface area contributed by atoms with Gasteiger partial charge < -0.3 is 24.6 Å². The number of benzene rings is 1. The summed E-state index contributed by atoms with van der Waals surface area (Å²) in [5.41, 5.74) is 1.84. The third kappa shape index (κ3) is 4.74. The lowest BCUT2D eigenvalue weighted by Gasteiger charge is -2.24. The summed E-state index contributed by atoms with van der Waals surface area (Å²) in [7, 11) is 0. The fourth-order valence-corrected chi connectivity index (χ4v) is 5.43. The Bertz CT molecular complexity index is 1620. The second kappa shape index (κ2) is 9.92. The minimum Gasteiger partial charge on any atom is -0.477 e. The lowest BCUT2D eigenvalue weighted by atomic mass is 10.0. The number of aromatic nitrogens is 2. The number of nitrogens with zero attached hydrogens (tertiary/aromatic N) is 4. The van der Waals surface area contributed by atoms with Gasteiger partial charge in [-0.25, -0.2) is 19.0 Å². The molecule has 1 aliphatic carbocycles. The van der Waals surface area contributed by atoms with E-state index in [0.717, 1.165) is 30.0 Å². The van der Waals surface area contributed by atoms with Crippen molar-refractivity contribution in [3.8, 4) is 0 Å². The number of amides is 2. The van der Waals surface area contributed by atoms with Crippen molar-refractivity contribution in [2.24, 2.45) is 0 Å². The Labute approximate surface area is 228 Å². The van der Waals surface area contributed by atoms with Gasteiger partial charge in [0.15, 0.2) is 11.6 Å². The normalized spacial score (nSPS) is 18.9. The predicted octanol–water partition coefficient (Wildman–Crippen LogP) is 2.98. The molecule has 2 amide bonds. The smallest absolute Gasteiger partial charge is 0.414 e. The second-order valence-corrected chi connectivity index (χ2v) is 10.5. The summed E-state index contributed by atoms with van der Waals surface area (Å²) in [6.07, 6.45) is 3.50. The summed E-state index contributed by atoms with van der Waals surface area (Å²) in [5, 5.41) is 12.1. The van der Waals surface area contributed by atoms with Gasteiger partial charge in [0, 0.05) is 37.9 Å². The maximum atomic E-state index is 15.5. The highest BCUT2D eigenvalue weighted by Crippen LogP contribution is 2.37. The first kappa shape index (κ1) is 25.8. The Morgan fingerprint density at radius 2 is 2.00 bits per heavy atom. The zero-order valence-corrected chi connectivity index (χ0v) is 21.9. The molecule has 1 aromatic carbocycles. The molecular formula is C28H28FN5O6. The number of carbonyl (C=O) groups excluding carboxylic acids is 2. The molecule has 1 unspecified atom stereocenters. The molecule has 40 heavy (non-hydrogen) atoms. The van der Waals surface area contributed by atoms with Gasteiger partial charge in [-0.15, -0.1) is 0 Å². The quantitative estimate of drug-likeness (QED) is 0.479. The Morgan fingerprint density at radius 3 is 2.73 bits per heavy atom. The van der Waals surface area contributed by atoms with Crippen molar-refractivity contribution in [2.75, 3.05) is 29.4 Å². The van der Waals surface area contributed by atoms with E-state index in [-0.39, 0.29) is 35.3 Å². The molecule has 208 valence electrons. The zero-order valence-electron chi connectivity index (χ0n) is 21.9. The van der Waals surface area contributed by atoms with Crippen LogP contribution in [0.15, 0.2) is 35.3 Å². The van der Waals surface area contributed by atoms with Crippen LogP contribution in [0.5, 0.6) is 0 Å². The number of pyridine rings is 2. The molecule has 12 heteroatoms. The summed E-state index contributed by atoms with van der Waals surface area (Å²) in [4.78, 5) is 56.1. The number of carboxylic acid groups (broad SMARTS) is 1. The first-order valence-corrected chi connectivity index (χ1v) is 13.3. The number of ether oxygens (including phenoxy) is 1. The number of hydrogen-bond acceptors (Lipinski definition) is 7. The SMILES string of the molecule is CC(=O)NCC1CN(c2ccc3c(c2)CCCN(c2nc4c(cc2F)c(=O)c(C(=O)O)cn4C2CC2)C3)C(=O)O1. The number of fused-ring (bicyclic) bond motifs is 2. The van der Waals surface area contributed by atoms with Crippen molar-refractivity contribution in [3.05, 3.63) is 63.2 Å². The Morgan fingerprint density at radius 1 is 1.20 bits per heavy atom. The van der Waals surface area contributed by atoms with Gasteiger partial charge in [-0.2, -0.15) is 0 Å². The number of halogens is 1. The summed E-state index contributed by atoms with van der Waals surface area (Å²) < 4.78 is 22.5. The fraction of sp³-hybridized carbons (Fsp3) is 0.393. The molecule has 3 aliphatic rings. The minimum atomic E-state index is -1.35. The molecule has 2 aliphatic heterocycles. The number of cyclic esters (lactones) is 1. The number of anilines is 2. The van der Waals surface area contributed by atoms with Gasteiger partial charge >= 0.3 is 12.1 Å². The molecule has 11 nitrogen and oxygen atoms in total. The van der Waals surface area contributed by atoms with Crippen molar-refractivity contribution in [1.82, 2.24) is 14.9 Å². The van der Waals surface area contributed by atoms with Gasteiger partial charge in [-0.3, -0.25) is 14.5 Å². The van der Waals surface area contributed by atoms with Crippen LogP contribution in [0.25, 0.3) is 11.0 Å². The average Bonchev–Trinajstić information content (AvgIpc) is 3.71. The van der Waals surface area contributed by atoms with Crippen LogP contribution in [-0.4, -0.2) is 58.4 Å². The molecule has 0 spiro atoms. The Hall–Kier alpha value is -4.48. The molecular weight excluding hydrogens is 521 g/mol. The average molecular weight is 550 g/mol. The van der Waals surface area contributed by atoms with E-state index >= 15 is 4.39 Å². The molecule has 1 saturated heterocycles. The molecule has 6 rings (SSSR count). The minimum absolute atomic E-state index is 0.0328. The molecule has 1 atom stereocenters. The maximum absolute atomic E-state index is 15.5. The molecule has 2 fully saturated rings. The van der Waals surface area contributed by atoms with Crippen LogP contribution in [0.2, 0.25) is 0 Å². The van der Waals surface area contributed by atoms with Crippen molar-refractivity contribution >= 4 is 40.5 Å². The van der Waals surface area contributed by atoms with Crippen LogP contribution in [-0.2, 0) is 22.5 Å². The van der Waals surface area contributed by atoms with E-state index in [0.29, 0.717) is 38.2 Å². The van der Waals surface area contributed by atoms with Gasteiger partial charge in [0.05, 0.1) is 18.5 Å². The van der Waals surface area contributed by atoms with Gasteiger partial charge in [0.1, 0.15) is 17.3 Å². The van der Waals surface area contributed by atoms with Crippen LogP contribution in [0.3, 0.4) is 0 Å². The Kier molecular flexibility index (Phi) is 6.40. The van der Waals surface area contributed by atoms with Crippen molar-refractivity contribution in [1.29, 1.82) is 0 Å². The van der Waals surface area contributed by atoms with Gasteiger partial charge in [-0.1, -0.05) is 6.07 Å². The van der Waals surface area contributed by atoms with Crippen LogP contribution >= 0.6 is 0 Å². The number of carbonyl (C=O) groups is 3. The lowest BCUT2D eigenvalue weighted by Crippen LogP contribution is -2.33. The second-order valence-electron chi connectivity index (χ2n) is 10.5. The van der Waals surface area contributed by atoms with E-state index in [1.54, 1.807) is 9.47 Å². The first-order chi connectivity index (χ1) is 19.2. The van der Waals surface area contributed by atoms with E-state index in [9.17, 15) is 24.3 Å². The van der Waals surface area contributed by atoms with E-state index in [1.807, 2.05) is 23.1 Å². The van der Waals surface area contributed by atoms with E-state index in [4.69, 9.17) is 4.74 Å². The molecule has 1 saturated carbocycles. The highest BCUT2D eigenvalue weighted by molar-refractivity contribution is 5.92. The summed E-state index contributed by atoms with van der Waals surface area (Å²) in [6.45, 7) is 2.87. The van der Waals surface area contributed by atoms with Crippen molar-refractivity contribution in [3.63, 3.8) is 0 Å². The summed E-state index contributed by atoms with van der Waals surface area (Å²) >= 11 is 0. The van der Waals surface area contributed by atoms with E-state index in [2.05, 4.69) is 10.3 Å². The topological polar surface area (TPSA) is 134 Å².